The van der Waals surface area contributed by atoms with Crippen LogP contribution in [0.1, 0.15) is 22.8 Å². The zero-order valence-electron chi connectivity index (χ0n) is 23.4. The van der Waals surface area contributed by atoms with E-state index in [1.807, 2.05) is 18.2 Å². The van der Waals surface area contributed by atoms with Gasteiger partial charge in [-0.15, -0.1) is 36.2 Å². The topological polar surface area (TPSA) is 104 Å². The molecule has 0 aliphatic rings. The Morgan fingerprint density at radius 3 is 2.18 bits per heavy atom. The summed E-state index contributed by atoms with van der Waals surface area (Å²) >= 11 is 1.31. The van der Waals surface area contributed by atoms with Crippen LogP contribution in [0.3, 0.4) is 0 Å². The first kappa shape index (κ1) is 36.0. The summed E-state index contributed by atoms with van der Waals surface area (Å²) in [6, 6.07) is 21.7. The largest absolute Gasteiger partial charge is 0.416 e. The molecule has 2 aromatic heterocycles. The first-order valence-electron chi connectivity index (χ1n) is 13.2. The molecule has 2 heterocycles. The number of benzene rings is 3. The molecule has 0 fully saturated rings. The smallest absolute Gasteiger partial charge is 0.387 e. The van der Waals surface area contributed by atoms with Gasteiger partial charge in [-0.2, -0.15) is 13.2 Å². The molecule has 3 N–H and O–H groups in total. The maximum Gasteiger partial charge on any atom is 0.416 e. The van der Waals surface area contributed by atoms with Crippen molar-refractivity contribution in [1.29, 1.82) is 0 Å². The quantitative estimate of drug-likeness (QED) is 0.124. The summed E-state index contributed by atoms with van der Waals surface area (Å²) in [7, 11) is -3.84. The summed E-state index contributed by atoms with van der Waals surface area (Å²) in [4.78, 5) is 8.60. The van der Waals surface area contributed by atoms with Crippen LogP contribution in [-0.4, -0.2) is 36.6 Å². The van der Waals surface area contributed by atoms with E-state index in [1.54, 1.807) is 48.1 Å². The van der Waals surface area contributed by atoms with Gasteiger partial charge < -0.3 is 10.4 Å². The van der Waals surface area contributed by atoms with Crippen LogP contribution in [0.15, 0.2) is 108 Å². The van der Waals surface area contributed by atoms with Crippen LogP contribution in [0.4, 0.5) is 18.9 Å². The van der Waals surface area contributed by atoms with Crippen LogP contribution >= 0.6 is 36.2 Å². The molecule has 0 aliphatic heterocycles. The third kappa shape index (κ3) is 9.49. The van der Waals surface area contributed by atoms with Crippen LogP contribution < -0.4 is 10.0 Å². The van der Waals surface area contributed by atoms with Crippen LogP contribution in [0.5, 0.6) is 0 Å². The van der Waals surface area contributed by atoms with E-state index in [1.165, 1.54) is 35.6 Å². The second kappa shape index (κ2) is 15.7. The van der Waals surface area contributed by atoms with Gasteiger partial charge in [0.25, 0.3) is 10.0 Å². The molecular formula is C31H29Cl2F3N4O3S2. The van der Waals surface area contributed by atoms with Gasteiger partial charge in [0.05, 0.1) is 22.3 Å². The number of nitrogens with zero attached hydrogens (tertiary/aromatic N) is 2. The van der Waals surface area contributed by atoms with Crippen LogP contribution in [0.25, 0.3) is 21.8 Å². The molecule has 7 nitrogen and oxygen atoms in total. The van der Waals surface area contributed by atoms with E-state index in [-0.39, 0.29) is 29.7 Å². The molecular weight excluding hydrogens is 668 g/mol. The van der Waals surface area contributed by atoms with Gasteiger partial charge >= 0.3 is 6.18 Å². The van der Waals surface area contributed by atoms with Gasteiger partial charge in [0.2, 0.25) is 0 Å². The Labute approximate surface area is 275 Å². The number of hydrogen-bond donors (Lipinski definition) is 3. The van der Waals surface area contributed by atoms with E-state index in [9.17, 15) is 26.7 Å². The van der Waals surface area contributed by atoms with Gasteiger partial charge in [-0.25, -0.2) is 13.4 Å². The molecule has 238 valence electrons. The average Bonchev–Trinajstić information content (AvgIpc) is 3.51. The normalized spacial score (nSPS) is 12.1. The molecule has 14 heteroatoms. The van der Waals surface area contributed by atoms with Crippen molar-refractivity contribution in [1.82, 2.24) is 15.3 Å². The molecule has 45 heavy (non-hydrogen) atoms. The van der Waals surface area contributed by atoms with Gasteiger partial charge in [0.15, 0.2) is 0 Å². The minimum absolute atomic E-state index is 0. The third-order valence-corrected chi connectivity index (χ3v) is 8.92. The van der Waals surface area contributed by atoms with E-state index < -0.39 is 27.9 Å². The number of anilines is 1. The number of pyridine rings is 1. The molecule has 0 saturated heterocycles. The van der Waals surface area contributed by atoms with Crippen molar-refractivity contribution in [2.75, 3.05) is 17.8 Å². The number of sulfonamides is 1. The Bertz CT molecular complexity index is 1760. The fourth-order valence-electron chi connectivity index (χ4n) is 4.26. The zero-order valence-corrected chi connectivity index (χ0v) is 26.7. The van der Waals surface area contributed by atoms with Crippen molar-refractivity contribution in [3.8, 4) is 21.8 Å². The number of aliphatic hydroxyl groups is 1. The third-order valence-electron chi connectivity index (χ3n) is 6.63. The Morgan fingerprint density at radius 1 is 0.889 bits per heavy atom. The summed E-state index contributed by atoms with van der Waals surface area (Å²) in [5, 5.41) is 15.8. The minimum atomic E-state index is -4.41. The Balaban J connectivity index is 0.00000276. The molecule has 1 atom stereocenters. The zero-order chi connectivity index (χ0) is 30.5. The van der Waals surface area contributed by atoms with Crippen molar-refractivity contribution < 1.29 is 26.7 Å². The number of rotatable bonds is 11. The van der Waals surface area contributed by atoms with Crippen LogP contribution in [0, 0.1) is 0 Å². The van der Waals surface area contributed by atoms with Crippen LogP contribution in [0.2, 0.25) is 0 Å². The predicted molar refractivity (Wildman–Crippen MR) is 176 cm³/mol. The maximum atomic E-state index is 13.0. The molecule has 0 aliphatic carbocycles. The molecule has 0 saturated carbocycles. The molecule has 5 aromatic rings. The summed E-state index contributed by atoms with van der Waals surface area (Å²) in [5.74, 6) is 0. The summed E-state index contributed by atoms with van der Waals surface area (Å²) < 4.78 is 67.1. The van der Waals surface area contributed by atoms with Crippen molar-refractivity contribution in [3.05, 3.63) is 119 Å². The average molecular weight is 698 g/mol. The number of thiazole rings is 1. The molecule has 0 spiro atoms. The Morgan fingerprint density at radius 2 is 1.56 bits per heavy atom. The molecule has 5 rings (SSSR count). The first-order chi connectivity index (χ1) is 20.6. The van der Waals surface area contributed by atoms with E-state index in [2.05, 4.69) is 20.0 Å². The Kier molecular flexibility index (Phi) is 12.5. The summed E-state index contributed by atoms with van der Waals surface area (Å²) in [6.45, 7) is 1.03. The Hall–Kier alpha value is -3.52. The van der Waals surface area contributed by atoms with E-state index in [0.717, 1.165) is 23.3 Å². The van der Waals surface area contributed by atoms with Crippen molar-refractivity contribution in [2.24, 2.45) is 0 Å². The monoisotopic (exact) mass is 696 g/mol. The molecule has 0 bridgehead atoms. The van der Waals surface area contributed by atoms with Gasteiger partial charge in [-0.1, -0.05) is 42.5 Å². The lowest BCUT2D eigenvalue weighted by molar-refractivity contribution is -0.137. The van der Waals surface area contributed by atoms with E-state index in [0.29, 0.717) is 47.0 Å². The highest BCUT2D eigenvalue weighted by Gasteiger charge is 2.30. The van der Waals surface area contributed by atoms with Gasteiger partial charge in [-0.05, 0) is 61.0 Å². The van der Waals surface area contributed by atoms with E-state index >= 15 is 0 Å². The summed E-state index contributed by atoms with van der Waals surface area (Å²) in [6.07, 6.45) is -1.07. The van der Waals surface area contributed by atoms with Gasteiger partial charge in [0, 0.05) is 46.7 Å². The second-order valence-electron chi connectivity index (χ2n) is 9.70. The number of aliphatic hydroxyl groups excluding tert-OH is 1. The lowest BCUT2D eigenvalue weighted by Gasteiger charge is -2.12. The lowest BCUT2D eigenvalue weighted by Crippen LogP contribution is -2.23. The second-order valence-corrected chi connectivity index (χ2v) is 12.2. The van der Waals surface area contributed by atoms with Gasteiger partial charge in [0.1, 0.15) is 5.01 Å². The summed E-state index contributed by atoms with van der Waals surface area (Å²) in [5.41, 5.74) is 3.23. The molecule has 3 aromatic carbocycles. The fraction of sp³-hybridized carbons (Fsp3) is 0.161. The van der Waals surface area contributed by atoms with E-state index in [4.69, 9.17) is 0 Å². The first-order valence-corrected chi connectivity index (χ1v) is 15.6. The molecule has 0 amide bonds. The number of alkyl halides is 3. The van der Waals surface area contributed by atoms with Crippen molar-refractivity contribution >= 4 is 51.9 Å². The molecule has 0 unspecified atom stereocenters. The van der Waals surface area contributed by atoms with Crippen molar-refractivity contribution in [3.63, 3.8) is 0 Å². The number of halogens is 5. The highest BCUT2D eigenvalue weighted by atomic mass is 35.5. The molecule has 0 radical (unpaired) electrons. The maximum absolute atomic E-state index is 13.0. The van der Waals surface area contributed by atoms with Crippen LogP contribution in [-0.2, 0) is 22.6 Å². The number of aromatic nitrogens is 2. The number of nitrogens with one attached hydrogen (secondary N) is 2. The SMILES string of the molecule is Cl.Cl.O=S(=O)(Nc1ccc(CCNC[C@@H](O)c2cccnc2)cc1)c1ccc(-c2nc(-c3ccc(C(F)(F)F)cc3)cs2)cc1. The number of hydrogen-bond acceptors (Lipinski definition) is 7. The highest BCUT2D eigenvalue weighted by Crippen LogP contribution is 2.33. The van der Waals surface area contributed by atoms with Crippen molar-refractivity contribution in [2.45, 2.75) is 23.6 Å². The predicted octanol–water partition coefficient (Wildman–Crippen LogP) is 7.40. The fourth-order valence-corrected chi connectivity index (χ4v) is 6.16. The standard InChI is InChI=1S/C31H27F3N4O3S2.2ClH/c32-31(33,34)25-9-5-22(6-10-25)28-20-42-30(37-28)23-7-13-27(14-8-23)43(40,41)38-26-11-3-21(4-12-26)15-17-36-19-29(39)24-2-1-16-35-18-24;;/h1-14,16,18,20,29,36,38-39H,15,17,19H2;2*1H/t29-;;/m1../s1. The highest BCUT2D eigenvalue weighted by molar-refractivity contribution is 7.92. The minimum Gasteiger partial charge on any atom is -0.387 e. The van der Waals surface area contributed by atoms with Gasteiger partial charge in [-0.3, -0.25) is 9.71 Å². The lowest BCUT2D eigenvalue weighted by atomic mass is 10.1.